The summed E-state index contributed by atoms with van der Waals surface area (Å²) in [4.78, 5) is 10.9. The summed E-state index contributed by atoms with van der Waals surface area (Å²) in [7, 11) is -1.17. The Kier molecular flexibility index (Phi) is 3.44. The number of hydrogen-bond donors (Lipinski definition) is 1. The molecule has 0 amide bonds. The van der Waals surface area contributed by atoms with Crippen molar-refractivity contribution < 1.29 is 14.1 Å². The summed E-state index contributed by atoms with van der Waals surface area (Å²) in [6.45, 7) is 2.53. The Morgan fingerprint density at radius 1 is 1.62 bits per heavy atom. The van der Waals surface area contributed by atoms with Crippen LogP contribution in [0, 0.1) is 5.92 Å². The van der Waals surface area contributed by atoms with Gasteiger partial charge in [0.2, 0.25) is 0 Å². The third-order valence-corrected chi connectivity index (χ3v) is 3.54. The molecular formula is C8H15NO3S. The van der Waals surface area contributed by atoms with E-state index in [1.807, 2.05) is 6.92 Å². The number of piperidine rings is 1. The number of carboxylic acids is 1. The van der Waals surface area contributed by atoms with Crippen molar-refractivity contribution in [3.05, 3.63) is 0 Å². The van der Waals surface area contributed by atoms with E-state index in [-0.39, 0.29) is 5.92 Å². The minimum Gasteiger partial charge on any atom is -0.480 e. The molecule has 1 aliphatic heterocycles. The molecule has 13 heavy (non-hydrogen) atoms. The molecule has 1 heterocycles. The fraction of sp³-hybridized carbons (Fsp3) is 0.875. The SMILES string of the molecule is CC1CCCN(S(C)=O)C1C(=O)O. The van der Waals surface area contributed by atoms with Gasteiger partial charge in [0.1, 0.15) is 6.04 Å². The lowest BCUT2D eigenvalue weighted by Crippen LogP contribution is -2.49. The van der Waals surface area contributed by atoms with Gasteiger partial charge in [-0.1, -0.05) is 6.92 Å². The largest absolute Gasteiger partial charge is 0.480 e. The molecule has 76 valence electrons. The Balaban J connectivity index is 2.80. The number of rotatable bonds is 2. The van der Waals surface area contributed by atoms with Gasteiger partial charge in [-0.25, -0.2) is 8.51 Å². The van der Waals surface area contributed by atoms with Gasteiger partial charge in [0, 0.05) is 12.8 Å². The van der Waals surface area contributed by atoms with E-state index in [9.17, 15) is 9.00 Å². The van der Waals surface area contributed by atoms with E-state index in [4.69, 9.17) is 5.11 Å². The van der Waals surface area contributed by atoms with Crippen molar-refractivity contribution in [2.75, 3.05) is 12.8 Å². The summed E-state index contributed by atoms with van der Waals surface area (Å²) in [5.41, 5.74) is 0. The molecule has 0 aromatic carbocycles. The maximum atomic E-state index is 11.2. The molecule has 0 radical (unpaired) electrons. The van der Waals surface area contributed by atoms with Crippen molar-refractivity contribution in [3.8, 4) is 0 Å². The van der Waals surface area contributed by atoms with E-state index in [0.717, 1.165) is 12.8 Å². The van der Waals surface area contributed by atoms with Gasteiger partial charge in [0.05, 0.1) is 11.0 Å². The van der Waals surface area contributed by atoms with Crippen molar-refractivity contribution in [2.45, 2.75) is 25.8 Å². The molecule has 0 aromatic rings. The van der Waals surface area contributed by atoms with Gasteiger partial charge in [-0.2, -0.15) is 0 Å². The van der Waals surface area contributed by atoms with Crippen LogP contribution in [0.3, 0.4) is 0 Å². The molecule has 1 saturated heterocycles. The highest BCUT2D eigenvalue weighted by molar-refractivity contribution is 7.81. The number of aliphatic carboxylic acids is 1. The van der Waals surface area contributed by atoms with Crippen LogP contribution in [0.25, 0.3) is 0 Å². The van der Waals surface area contributed by atoms with E-state index < -0.39 is 23.0 Å². The number of nitrogens with zero attached hydrogens (tertiary/aromatic N) is 1. The van der Waals surface area contributed by atoms with Crippen molar-refractivity contribution in [2.24, 2.45) is 5.92 Å². The highest BCUT2D eigenvalue weighted by Gasteiger charge is 2.35. The van der Waals surface area contributed by atoms with Gasteiger partial charge in [-0.3, -0.25) is 4.79 Å². The summed E-state index contributed by atoms with van der Waals surface area (Å²) < 4.78 is 12.8. The van der Waals surface area contributed by atoms with E-state index in [2.05, 4.69) is 0 Å². The van der Waals surface area contributed by atoms with Gasteiger partial charge in [-0.05, 0) is 18.8 Å². The van der Waals surface area contributed by atoms with Crippen LogP contribution in [0.1, 0.15) is 19.8 Å². The van der Waals surface area contributed by atoms with E-state index in [1.54, 1.807) is 4.31 Å². The van der Waals surface area contributed by atoms with Crippen molar-refractivity contribution in [1.82, 2.24) is 4.31 Å². The first-order valence-corrected chi connectivity index (χ1v) is 5.88. The maximum absolute atomic E-state index is 11.2. The normalized spacial score (nSPS) is 32.8. The first kappa shape index (κ1) is 10.7. The summed E-state index contributed by atoms with van der Waals surface area (Å²) in [5, 5.41) is 8.95. The highest BCUT2D eigenvalue weighted by Crippen LogP contribution is 2.24. The first-order valence-electron chi connectivity index (χ1n) is 4.37. The Morgan fingerprint density at radius 3 is 2.62 bits per heavy atom. The highest BCUT2D eigenvalue weighted by atomic mass is 32.2. The quantitative estimate of drug-likeness (QED) is 0.712. The molecule has 0 aliphatic carbocycles. The molecule has 4 nitrogen and oxygen atoms in total. The monoisotopic (exact) mass is 205 g/mol. The van der Waals surface area contributed by atoms with Crippen LogP contribution in [-0.4, -0.2) is 38.4 Å². The van der Waals surface area contributed by atoms with Crippen LogP contribution < -0.4 is 0 Å². The van der Waals surface area contributed by atoms with Crippen molar-refractivity contribution >= 4 is 17.0 Å². The lowest BCUT2D eigenvalue weighted by molar-refractivity contribution is -0.144. The van der Waals surface area contributed by atoms with Crippen LogP contribution in [0.4, 0.5) is 0 Å². The van der Waals surface area contributed by atoms with Crippen molar-refractivity contribution in [3.63, 3.8) is 0 Å². The van der Waals surface area contributed by atoms with Crippen LogP contribution in [-0.2, 0) is 15.8 Å². The molecule has 0 saturated carbocycles. The third kappa shape index (κ3) is 2.28. The minimum absolute atomic E-state index is 0.0927. The predicted octanol–water partition coefficient (Wildman–Crippen LogP) is 0.465. The van der Waals surface area contributed by atoms with Crippen LogP contribution in [0.2, 0.25) is 0 Å². The van der Waals surface area contributed by atoms with Crippen LogP contribution in [0.15, 0.2) is 0 Å². The Bertz CT molecular complexity index is 231. The molecular weight excluding hydrogens is 190 g/mol. The van der Waals surface area contributed by atoms with E-state index in [0.29, 0.717) is 6.54 Å². The Hall–Kier alpha value is -0.420. The summed E-state index contributed by atoms with van der Waals surface area (Å²) in [5.74, 6) is -0.766. The van der Waals surface area contributed by atoms with Crippen LogP contribution in [0.5, 0.6) is 0 Å². The molecule has 1 N–H and O–H groups in total. The molecule has 0 bridgehead atoms. The molecule has 5 heteroatoms. The molecule has 1 aliphatic rings. The van der Waals surface area contributed by atoms with Gasteiger partial charge in [0.15, 0.2) is 0 Å². The maximum Gasteiger partial charge on any atom is 0.322 e. The van der Waals surface area contributed by atoms with Gasteiger partial charge in [0.25, 0.3) is 0 Å². The second-order valence-corrected chi connectivity index (χ2v) is 4.78. The zero-order chi connectivity index (χ0) is 10.0. The summed E-state index contributed by atoms with van der Waals surface area (Å²) in [6, 6.07) is -0.570. The Morgan fingerprint density at radius 2 is 2.23 bits per heavy atom. The topological polar surface area (TPSA) is 57.6 Å². The second-order valence-electron chi connectivity index (χ2n) is 3.47. The fourth-order valence-electron chi connectivity index (χ4n) is 1.80. The lowest BCUT2D eigenvalue weighted by Gasteiger charge is -2.34. The zero-order valence-electron chi connectivity index (χ0n) is 7.90. The lowest BCUT2D eigenvalue weighted by atomic mass is 9.93. The second kappa shape index (κ2) is 4.19. The third-order valence-electron chi connectivity index (χ3n) is 2.47. The average molecular weight is 205 g/mol. The molecule has 3 atom stereocenters. The predicted molar refractivity (Wildman–Crippen MR) is 50.6 cm³/mol. The molecule has 1 rings (SSSR count). The van der Waals surface area contributed by atoms with Crippen LogP contribution >= 0.6 is 0 Å². The van der Waals surface area contributed by atoms with Gasteiger partial charge in [-0.15, -0.1) is 0 Å². The molecule has 0 aromatic heterocycles. The molecule has 1 fully saturated rings. The molecule has 0 spiro atoms. The number of carbonyl (C=O) groups is 1. The minimum atomic E-state index is -1.17. The molecule has 3 unspecified atom stereocenters. The van der Waals surface area contributed by atoms with Gasteiger partial charge >= 0.3 is 5.97 Å². The number of hydrogen-bond acceptors (Lipinski definition) is 2. The number of carboxylic acid groups (broad SMARTS) is 1. The fourth-order valence-corrected chi connectivity index (χ4v) is 2.81. The smallest absolute Gasteiger partial charge is 0.322 e. The average Bonchev–Trinajstić information content (AvgIpc) is 2.02. The van der Waals surface area contributed by atoms with E-state index >= 15 is 0 Å². The summed E-state index contributed by atoms with van der Waals surface area (Å²) >= 11 is 0. The zero-order valence-corrected chi connectivity index (χ0v) is 8.71. The standard InChI is InChI=1S/C8H15NO3S/c1-6-4-3-5-9(13(2)12)7(6)8(10)11/h6-7H,3-5H2,1-2H3,(H,10,11). The van der Waals surface area contributed by atoms with Crippen molar-refractivity contribution in [1.29, 1.82) is 0 Å². The van der Waals surface area contributed by atoms with Gasteiger partial charge < -0.3 is 5.11 Å². The summed E-state index contributed by atoms with van der Waals surface area (Å²) in [6.07, 6.45) is 3.38. The Labute approximate surface area is 80.5 Å². The first-order chi connectivity index (χ1) is 6.04. The van der Waals surface area contributed by atoms with E-state index in [1.165, 1.54) is 6.26 Å².